The number of carbonyl (C=O) groups excluding carboxylic acids is 2. The molecule has 0 bridgehead atoms. The number of aryl methyl sites for hydroxylation is 1. The summed E-state index contributed by atoms with van der Waals surface area (Å²) >= 11 is 0. The largest absolute Gasteiger partial charge is 0.385 e. The van der Waals surface area contributed by atoms with Crippen LogP contribution in [0.15, 0.2) is 42.5 Å². The highest BCUT2D eigenvalue weighted by Gasteiger charge is 2.22. The molecule has 0 spiro atoms. The van der Waals surface area contributed by atoms with E-state index in [0.717, 1.165) is 24.0 Å². The number of methoxy groups -OCH3 is 1. The molecule has 1 heterocycles. The molecule has 0 radical (unpaired) electrons. The summed E-state index contributed by atoms with van der Waals surface area (Å²) in [5.74, 6) is 0.375. The van der Waals surface area contributed by atoms with E-state index < -0.39 is 10.8 Å². The number of benzene rings is 2. The Morgan fingerprint density at radius 2 is 2.00 bits per heavy atom. The van der Waals surface area contributed by atoms with Crippen LogP contribution in [-0.2, 0) is 16.1 Å². The number of amides is 2. The third-order valence-electron chi connectivity index (χ3n) is 6.71. The van der Waals surface area contributed by atoms with Gasteiger partial charge < -0.3 is 14.2 Å². The van der Waals surface area contributed by atoms with Crippen molar-refractivity contribution in [1.29, 1.82) is 0 Å². The number of hydrogen-bond acceptors (Lipinski definition) is 6. The van der Waals surface area contributed by atoms with Crippen molar-refractivity contribution in [2.75, 3.05) is 31.0 Å². The first kappa shape index (κ1) is 25.3. The van der Waals surface area contributed by atoms with Crippen molar-refractivity contribution >= 4 is 40.2 Å². The molecule has 2 aromatic carbocycles. The number of non-ortho nitro benzene ring substituents is 1. The van der Waals surface area contributed by atoms with Gasteiger partial charge in [0.05, 0.1) is 16.0 Å². The number of ether oxygens (including phenoxy) is 1. The van der Waals surface area contributed by atoms with E-state index in [0.29, 0.717) is 43.4 Å². The van der Waals surface area contributed by atoms with Crippen molar-refractivity contribution in [3.63, 3.8) is 0 Å². The number of nitrogens with zero attached hydrogens (tertiary/aromatic N) is 4. The number of nitro groups is 1. The van der Waals surface area contributed by atoms with Crippen LogP contribution < -0.4 is 10.2 Å². The van der Waals surface area contributed by atoms with Crippen LogP contribution in [0.2, 0.25) is 0 Å². The van der Waals surface area contributed by atoms with Gasteiger partial charge in [-0.3, -0.25) is 25.0 Å². The van der Waals surface area contributed by atoms with Gasteiger partial charge in [-0.2, -0.15) is 0 Å². The molecule has 1 saturated carbocycles. The van der Waals surface area contributed by atoms with Crippen molar-refractivity contribution in [2.24, 2.45) is 5.92 Å². The van der Waals surface area contributed by atoms with Crippen molar-refractivity contribution in [3.05, 3.63) is 58.1 Å². The molecule has 1 aliphatic carbocycles. The van der Waals surface area contributed by atoms with Gasteiger partial charge in [0.2, 0.25) is 11.9 Å². The maximum Gasteiger partial charge on any atom is 0.270 e. The van der Waals surface area contributed by atoms with E-state index in [2.05, 4.69) is 10.3 Å². The fraction of sp³-hybridized carbons (Fsp3) is 0.423. The van der Waals surface area contributed by atoms with Gasteiger partial charge in [0.1, 0.15) is 0 Å². The average molecular weight is 494 g/mol. The Bertz CT molecular complexity index is 1260. The second kappa shape index (κ2) is 11.3. The summed E-state index contributed by atoms with van der Waals surface area (Å²) in [6.07, 6.45) is 5.85. The Hall–Kier alpha value is -3.79. The maximum absolute atomic E-state index is 12.9. The molecule has 2 amide bonds. The number of carbonyl (C=O) groups is 2. The van der Waals surface area contributed by atoms with Gasteiger partial charge in [0, 0.05) is 57.1 Å². The summed E-state index contributed by atoms with van der Waals surface area (Å²) in [6, 6.07) is 11.2. The molecule has 0 unspecified atom stereocenters. The number of nitro benzene ring substituents is 1. The van der Waals surface area contributed by atoms with E-state index in [4.69, 9.17) is 4.74 Å². The summed E-state index contributed by atoms with van der Waals surface area (Å²) < 4.78 is 7.06. The number of anilines is 2. The quantitative estimate of drug-likeness (QED) is 0.247. The second-order valence-electron chi connectivity index (χ2n) is 9.18. The zero-order valence-corrected chi connectivity index (χ0v) is 20.6. The Labute approximate surface area is 209 Å². The van der Waals surface area contributed by atoms with Crippen LogP contribution in [0.1, 0.15) is 48.9 Å². The first-order valence-electron chi connectivity index (χ1n) is 12.2. The lowest BCUT2D eigenvalue weighted by atomic mass is 10.0. The highest BCUT2D eigenvalue weighted by molar-refractivity contribution is 6.04. The molecular weight excluding hydrogens is 462 g/mol. The molecule has 1 aliphatic rings. The maximum atomic E-state index is 12.9. The first-order valence-corrected chi connectivity index (χ1v) is 12.2. The highest BCUT2D eigenvalue weighted by Crippen LogP contribution is 2.30. The Kier molecular flexibility index (Phi) is 7.94. The molecule has 0 aliphatic heterocycles. The Balaban J connectivity index is 1.60. The lowest BCUT2D eigenvalue weighted by Crippen LogP contribution is -2.27. The van der Waals surface area contributed by atoms with Crippen LogP contribution in [0.3, 0.4) is 0 Å². The SMILES string of the molecule is COCCCn1c(NC(=O)c2cccc([N+](=O)[O-])c2)nc2cc(N(C)C(=O)CC3CCCC3)ccc21. The van der Waals surface area contributed by atoms with E-state index in [1.807, 2.05) is 22.8 Å². The topological polar surface area (TPSA) is 120 Å². The first-order chi connectivity index (χ1) is 17.4. The summed E-state index contributed by atoms with van der Waals surface area (Å²) in [5.41, 5.74) is 2.19. The van der Waals surface area contributed by atoms with Crippen LogP contribution >= 0.6 is 0 Å². The van der Waals surface area contributed by atoms with Crippen molar-refractivity contribution in [2.45, 2.75) is 45.1 Å². The zero-order valence-electron chi connectivity index (χ0n) is 20.6. The average Bonchev–Trinajstić information content (AvgIpc) is 3.51. The number of nitrogens with one attached hydrogen (secondary N) is 1. The van der Waals surface area contributed by atoms with Crippen LogP contribution in [-0.4, -0.2) is 47.1 Å². The lowest BCUT2D eigenvalue weighted by Gasteiger charge is -2.19. The molecular formula is C26H31N5O5. The molecule has 0 saturated heterocycles. The predicted octanol–water partition coefficient (Wildman–Crippen LogP) is 4.78. The van der Waals surface area contributed by atoms with Gasteiger partial charge in [0.15, 0.2) is 0 Å². The number of aromatic nitrogens is 2. The van der Waals surface area contributed by atoms with Crippen molar-refractivity contribution < 1.29 is 19.2 Å². The third-order valence-corrected chi connectivity index (χ3v) is 6.71. The van der Waals surface area contributed by atoms with Crippen LogP contribution in [0.5, 0.6) is 0 Å². The van der Waals surface area contributed by atoms with E-state index in [1.54, 1.807) is 19.1 Å². The van der Waals surface area contributed by atoms with Crippen LogP contribution in [0.25, 0.3) is 11.0 Å². The van der Waals surface area contributed by atoms with Gasteiger partial charge in [-0.05, 0) is 49.4 Å². The fourth-order valence-electron chi connectivity index (χ4n) is 4.69. The molecule has 1 aromatic heterocycles. The van der Waals surface area contributed by atoms with Crippen molar-refractivity contribution in [3.8, 4) is 0 Å². The lowest BCUT2D eigenvalue weighted by molar-refractivity contribution is -0.384. The molecule has 4 rings (SSSR count). The number of fused-ring (bicyclic) bond motifs is 1. The van der Waals surface area contributed by atoms with Gasteiger partial charge in [0.25, 0.3) is 11.6 Å². The smallest absolute Gasteiger partial charge is 0.270 e. The molecule has 1 N–H and O–H groups in total. The van der Waals surface area contributed by atoms with E-state index in [-0.39, 0.29) is 17.2 Å². The minimum Gasteiger partial charge on any atom is -0.385 e. The summed E-state index contributed by atoms with van der Waals surface area (Å²) in [4.78, 5) is 42.6. The number of imidazole rings is 1. The minimum absolute atomic E-state index is 0.0833. The van der Waals surface area contributed by atoms with E-state index in [1.165, 1.54) is 37.1 Å². The van der Waals surface area contributed by atoms with Gasteiger partial charge in [-0.15, -0.1) is 0 Å². The summed E-state index contributed by atoms with van der Waals surface area (Å²) in [6.45, 7) is 1.08. The zero-order chi connectivity index (χ0) is 25.7. The molecule has 1 fully saturated rings. The molecule has 36 heavy (non-hydrogen) atoms. The molecule has 10 nitrogen and oxygen atoms in total. The van der Waals surface area contributed by atoms with E-state index >= 15 is 0 Å². The molecule has 0 atom stereocenters. The number of hydrogen-bond donors (Lipinski definition) is 1. The number of rotatable bonds is 10. The van der Waals surface area contributed by atoms with Crippen LogP contribution in [0, 0.1) is 16.0 Å². The van der Waals surface area contributed by atoms with Crippen molar-refractivity contribution in [1.82, 2.24) is 9.55 Å². The summed E-state index contributed by atoms with van der Waals surface area (Å²) in [5, 5.41) is 13.9. The third kappa shape index (κ3) is 5.71. The second-order valence-corrected chi connectivity index (χ2v) is 9.18. The van der Waals surface area contributed by atoms with Gasteiger partial charge in [-0.25, -0.2) is 4.98 Å². The minimum atomic E-state index is -0.539. The monoisotopic (exact) mass is 493 g/mol. The van der Waals surface area contributed by atoms with Gasteiger partial charge >= 0.3 is 0 Å². The van der Waals surface area contributed by atoms with Crippen LogP contribution in [0.4, 0.5) is 17.3 Å². The molecule has 190 valence electrons. The normalized spacial score (nSPS) is 13.7. The Morgan fingerprint density at radius 3 is 2.72 bits per heavy atom. The summed E-state index contributed by atoms with van der Waals surface area (Å²) in [7, 11) is 3.40. The van der Waals surface area contributed by atoms with Gasteiger partial charge in [-0.1, -0.05) is 18.9 Å². The standard InChI is InChI=1S/C26H31N5O5/c1-29(24(32)15-18-7-3-4-8-18)20-11-12-23-22(17-20)27-26(30(23)13-6-14-36-2)28-25(33)19-9-5-10-21(16-19)31(34)35/h5,9-12,16-18H,3-4,6-8,13-15H2,1-2H3,(H,27,28,33). The van der Waals surface area contributed by atoms with E-state index in [9.17, 15) is 19.7 Å². The molecule has 10 heteroatoms. The fourth-order valence-corrected chi connectivity index (χ4v) is 4.69. The highest BCUT2D eigenvalue weighted by atomic mass is 16.6. The Morgan fingerprint density at radius 1 is 1.22 bits per heavy atom. The predicted molar refractivity (Wildman–Crippen MR) is 137 cm³/mol. The molecule has 3 aromatic rings.